The summed E-state index contributed by atoms with van der Waals surface area (Å²) in [6, 6.07) is 11.6. The van der Waals surface area contributed by atoms with Crippen molar-refractivity contribution in [2.75, 3.05) is 23.5 Å². The average Bonchev–Trinajstić information content (AvgIpc) is 2.71. The van der Waals surface area contributed by atoms with Crippen molar-refractivity contribution < 1.29 is 22.7 Å². The van der Waals surface area contributed by atoms with Crippen LogP contribution in [-0.4, -0.2) is 38.3 Å². The highest BCUT2D eigenvalue weighted by Crippen LogP contribution is 2.38. The predicted molar refractivity (Wildman–Crippen MR) is 113 cm³/mol. The lowest BCUT2D eigenvalue weighted by atomic mass is 10.2. The smallest absolute Gasteiger partial charge is 0.237 e. The summed E-state index contributed by atoms with van der Waals surface area (Å²) in [4.78, 5) is 25.2. The van der Waals surface area contributed by atoms with Crippen LogP contribution in [0.1, 0.15) is 19.8 Å². The summed E-state index contributed by atoms with van der Waals surface area (Å²) in [5.74, 6) is -0.399. The molecule has 154 valence electrons. The fourth-order valence-corrected chi connectivity index (χ4v) is 5.18. The van der Waals surface area contributed by atoms with E-state index in [0.29, 0.717) is 23.5 Å². The van der Waals surface area contributed by atoms with E-state index in [2.05, 4.69) is 10.6 Å². The van der Waals surface area contributed by atoms with E-state index in [-0.39, 0.29) is 28.2 Å². The zero-order valence-corrected chi connectivity index (χ0v) is 17.7. The zero-order valence-electron chi connectivity index (χ0n) is 16.1. The zero-order chi connectivity index (χ0) is 21.0. The second-order valence-corrected chi connectivity index (χ2v) is 9.83. The van der Waals surface area contributed by atoms with Gasteiger partial charge in [-0.05, 0) is 36.8 Å². The van der Waals surface area contributed by atoms with Crippen LogP contribution in [-0.2, 0) is 19.4 Å². The number of amides is 2. The Hall–Kier alpha value is -2.52. The first kappa shape index (κ1) is 21.2. The van der Waals surface area contributed by atoms with Crippen molar-refractivity contribution in [1.29, 1.82) is 0 Å². The van der Waals surface area contributed by atoms with Gasteiger partial charge >= 0.3 is 0 Å². The molecule has 9 heteroatoms. The molecule has 3 rings (SSSR count). The van der Waals surface area contributed by atoms with Crippen LogP contribution in [0.25, 0.3) is 0 Å². The Balaban J connectivity index is 1.68. The molecule has 2 N–H and O–H groups in total. The number of hydrogen-bond donors (Lipinski definition) is 2. The molecule has 1 heterocycles. The number of thioether (sulfide) groups is 1. The molecule has 29 heavy (non-hydrogen) atoms. The monoisotopic (exact) mass is 434 g/mol. The maximum absolute atomic E-state index is 12.7. The van der Waals surface area contributed by atoms with Crippen LogP contribution >= 0.6 is 11.8 Å². The first-order valence-corrected chi connectivity index (χ1v) is 11.6. The molecule has 7 nitrogen and oxygen atoms in total. The Kier molecular flexibility index (Phi) is 6.49. The number of nitrogens with one attached hydrogen (secondary N) is 2. The predicted octanol–water partition coefficient (Wildman–Crippen LogP) is 3.32. The van der Waals surface area contributed by atoms with Crippen molar-refractivity contribution >= 4 is 44.8 Å². The highest BCUT2D eigenvalue weighted by atomic mass is 32.2. The third-order valence-corrected chi connectivity index (χ3v) is 7.63. The molecule has 2 aromatic carbocycles. The Morgan fingerprint density at radius 3 is 2.72 bits per heavy atom. The van der Waals surface area contributed by atoms with Crippen molar-refractivity contribution in [1.82, 2.24) is 0 Å². The highest BCUT2D eigenvalue weighted by Gasteiger charge is 2.27. The van der Waals surface area contributed by atoms with Gasteiger partial charge in [-0.15, -0.1) is 11.8 Å². The van der Waals surface area contributed by atoms with Gasteiger partial charge in [0.2, 0.25) is 11.8 Å². The maximum Gasteiger partial charge on any atom is 0.237 e. The summed E-state index contributed by atoms with van der Waals surface area (Å²) in [6.45, 7) is 1.93. The second kappa shape index (κ2) is 8.87. The first-order valence-electron chi connectivity index (χ1n) is 9.11. The van der Waals surface area contributed by atoms with Crippen molar-refractivity contribution in [3.8, 4) is 5.75 Å². The molecule has 0 spiro atoms. The largest absolute Gasteiger partial charge is 0.495 e. The number of para-hydroxylation sites is 2. The number of anilines is 2. The normalized spacial score (nSPS) is 15.9. The number of fused-ring (bicyclic) bond motifs is 1. The van der Waals surface area contributed by atoms with Gasteiger partial charge in [-0.2, -0.15) is 0 Å². The molecule has 0 bridgehead atoms. The fourth-order valence-electron chi connectivity index (χ4n) is 2.90. The molecular formula is C20H22N2O5S2. The van der Waals surface area contributed by atoms with Crippen LogP contribution in [0, 0.1) is 0 Å². The molecule has 0 unspecified atom stereocenters. The van der Waals surface area contributed by atoms with E-state index >= 15 is 0 Å². The van der Waals surface area contributed by atoms with Crippen molar-refractivity contribution in [3.05, 3.63) is 42.5 Å². The van der Waals surface area contributed by atoms with Gasteiger partial charge in [-0.1, -0.05) is 19.1 Å². The lowest BCUT2D eigenvalue weighted by Crippen LogP contribution is -2.28. The number of rotatable bonds is 7. The van der Waals surface area contributed by atoms with Gasteiger partial charge in [-0.3, -0.25) is 9.59 Å². The topological polar surface area (TPSA) is 102 Å². The molecule has 0 saturated heterocycles. The molecule has 0 saturated carbocycles. The molecular weight excluding hydrogens is 412 g/mol. The van der Waals surface area contributed by atoms with E-state index in [9.17, 15) is 18.0 Å². The van der Waals surface area contributed by atoms with E-state index < -0.39 is 15.7 Å². The Labute approximate surface area is 174 Å². The third kappa shape index (κ3) is 4.91. The molecule has 2 amide bonds. The van der Waals surface area contributed by atoms with Gasteiger partial charge in [-0.25, -0.2) is 8.42 Å². The van der Waals surface area contributed by atoms with Crippen LogP contribution in [0.15, 0.2) is 52.3 Å². The van der Waals surface area contributed by atoms with Gasteiger partial charge in [0.15, 0.2) is 9.84 Å². The summed E-state index contributed by atoms with van der Waals surface area (Å²) in [5, 5.41) is 5.25. The molecule has 0 aromatic heterocycles. The number of sulfone groups is 1. The lowest BCUT2D eigenvalue weighted by molar-refractivity contribution is -0.116. The van der Waals surface area contributed by atoms with Crippen molar-refractivity contribution in [2.45, 2.75) is 34.8 Å². The minimum atomic E-state index is -3.69. The summed E-state index contributed by atoms with van der Waals surface area (Å²) in [6.07, 6.45) is 0.494. The van der Waals surface area contributed by atoms with Crippen LogP contribution in [0.2, 0.25) is 0 Å². The quantitative estimate of drug-likeness (QED) is 0.693. The number of methoxy groups -OCH3 is 1. The highest BCUT2D eigenvalue weighted by molar-refractivity contribution is 8.01. The Morgan fingerprint density at radius 2 is 2.00 bits per heavy atom. The fraction of sp³-hybridized carbons (Fsp3) is 0.300. The molecule has 0 radical (unpaired) electrons. The number of hydrogen-bond acceptors (Lipinski definition) is 6. The van der Waals surface area contributed by atoms with Crippen molar-refractivity contribution in [3.63, 3.8) is 0 Å². The van der Waals surface area contributed by atoms with Gasteiger partial charge in [0.25, 0.3) is 0 Å². The minimum absolute atomic E-state index is 0.0807. The molecule has 1 aliphatic rings. The SMILES string of the molecule is CC[C@@H]1Sc2ccc(S(=O)(=O)CCC(=O)Nc3ccccc3OC)cc2NC1=O. The van der Waals surface area contributed by atoms with Gasteiger partial charge < -0.3 is 15.4 Å². The molecule has 1 atom stereocenters. The van der Waals surface area contributed by atoms with Crippen LogP contribution in [0.4, 0.5) is 11.4 Å². The summed E-state index contributed by atoms with van der Waals surface area (Å²) < 4.78 is 30.5. The van der Waals surface area contributed by atoms with E-state index in [1.165, 1.54) is 31.0 Å². The van der Waals surface area contributed by atoms with Gasteiger partial charge in [0.1, 0.15) is 5.75 Å². The standard InChI is InChI=1S/C20H22N2O5S2/c1-3-17-20(24)22-15-12-13(8-9-18(15)28-17)29(25,26)11-10-19(23)21-14-6-4-5-7-16(14)27-2/h4-9,12,17H,3,10-11H2,1-2H3,(H,21,23)(H,22,24)/t17-/m0/s1. The van der Waals surface area contributed by atoms with Gasteiger partial charge in [0, 0.05) is 11.3 Å². The summed E-state index contributed by atoms with van der Waals surface area (Å²) in [7, 11) is -2.19. The third-order valence-electron chi connectivity index (χ3n) is 4.48. The Morgan fingerprint density at radius 1 is 1.24 bits per heavy atom. The minimum Gasteiger partial charge on any atom is -0.495 e. The lowest BCUT2D eigenvalue weighted by Gasteiger charge is -2.23. The van der Waals surface area contributed by atoms with Crippen molar-refractivity contribution in [2.24, 2.45) is 0 Å². The molecule has 1 aliphatic heterocycles. The molecule has 0 fully saturated rings. The number of carbonyl (C=O) groups excluding carboxylic acids is 2. The number of ether oxygens (including phenoxy) is 1. The average molecular weight is 435 g/mol. The maximum atomic E-state index is 12.7. The Bertz CT molecular complexity index is 1040. The van der Waals surface area contributed by atoms with E-state index in [1.807, 2.05) is 6.92 Å². The summed E-state index contributed by atoms with van der Waals surface area (Å²) >= 11 is 1.42. The molecule has 0 aliphatic carbocycles. The van der Waals surface area contributed by atoms with Crippen LogP contribution in [0.5, 0.6) is 5.75 Å². The first-order chi connectivity index (χ1) is 13.8. The summed E-state index contributed by atoms with van der Waals surface area (Å²) in [5.41, 5.74) is 0.973. The van der Waals surface area contributed by atoms with E-state index in [1.54, 1.807) is 30.3 Å². The van der Waals surface area contributed by atoms with E-state index in [0.717, 1.165) is 4.90 Å². The van der Waals surface area contributed by atoms with Gasteiger partial charge in [0.05, 0.1) is 34.4 Å². The second-order valence-electron chi connectivity index (χ2n) is 6.48. The van der Waals surface area contributed by atoms with Crippen LogP contribution in [0.3, 0.4) is 0 Å². The number of carbonyl (C=O) groups is 2. The number of benzene rings is 2. The van der Waals surface area contributed by atoms with E-state index in [4.69, 9.17) is 4.74 Å². The molecule has 2 aromatic rings. The van der Waals surface area contributed by atoms with Crippen LogP contribution < -0.4 is 15.4 Å².